The fourth-order valence-corrected chi connectivity index (χ4v) is 2.28. The number of hydrogen-bond acceptors (Lipinski definition) is 2. The normalized spacial score (nSPS) is 14.4. The van der Waals surface area contributed by atoms with Gasteiger partial charge in [-0.1, -0.05) is 17.7 Å². The Hall–Kier alpha value is -1.42. The average Bonchev–Trinajstić information content (AvgIpc) is 2.83. The Morgan fingerprint density at radius 1 is 1.22 bits per heavy atom. The Morgan fingerprint density at radius 2 is 1.94 bits per heavy atom. The molecule has 2 N–H and O–H groups in total. The molecule has 4 heteroatoms. The molecule has 0 atom stereocenters. The molecule has 2 rings (SSSR count). The van der Waals surface area contributed by atoms with E-state index in [-0.39, 0.29) is 0 Å². The molecule has 0 heterocycles. The summed E-state index contributed by atoms with van der Waals surface area (Å²) in [5, 5.41) is 8.06. The number of rotatable bonds is 2. The van der Waals surface area contributed by atoms with Gasteiger partial charge in [0.05, 0.1) is 0 Å². The van der Waals surface area contributed by atoms with Crippen molar-refractivity contribution in [2.24, 2.45) is 5.10 Å². The van der Waals surface area contributed by atoms with Gasteiger partial charge in [-0.25, -0.2) is 0 Å². The first-order valence-corrected chi connectivity index (χ1v) is 6.75. The zero-order valence-corrected chi connectivity index (χ0v) is 11.7. The monoisotopic (exact) mass is 261 g/mol. The molecule has 0 saturated heterocycles. The van der Waals surface area contributed by atoms with E-state index in [0.717, 1.165) is 18.5 Å². The van der Waals surface area contributed by atoms with E-state index >= 15 is 0 Å². The summed E-state index contributed by atoms with van der Waals surface area (Å²) in [5.74, 6) is 0. The molecule has 0 radical (unpaired) electrons. The van der Waals surface area contributed by atoms with Crippen LogP contribution in [-0.2, 0) is 0 Å². The highest BCUT2D eigenvalue weighted by molar-refractivity contribution is 7.80. The van der Waals surface area contributed by atoms with E-state index in [0.29, 0.717) is 5.11 Å². The first-order chi connectivity index (χ1) is 8.65. The van der Waals surface area contributed by atoms with Crippen molar-refractivity contribution in [3.05, 3.63) is 29.3 Å². The van der Waals surface area contributed by atoms with Crippen LogP contribution in [0.4, 0.5) is 5.69 Å². The summed E-state index contributed by atoms with van der Waals surface area (Å²) in [5.41, 5.74) is 7.62. The van der Waals surface area contributed by atoms with Gasteiger partial charge >= 0.3 is 0 Å². The van der Waals surface area contributed by atoms with Gasteiger partial charge in [-0.3, -0.25) is 5.43 Å². The van der Waals surface area contributed by atoms with Crippen molar-refractivity contribution in [3.63, 3.8) is 0 Å². The summed E-state index contributed by atoms with van der Waals surface area (Å²) in [4.78, 5) is 0. The summed E-state index contributed by atoms with van der Waals surface area (Å²) in [7, 11) is 0. The van der Waals surface area contributed by atoms with Gasteiger partial charge in [0, 0.05) is 11.4 Å². The van der Waals surface area contributed by atoms with Gasteiger partial charge in [-0.2, -0.15) is 5.10 Å². The first kappa shape index (κ1) is 13.0. The molecule has 1 aliphatic carbocycles. The van der Waals surface area contributed by atoms with Crippen molar-refractivity contribution in [2.45, 2.75) is 39.5 Å². The fourth-order valence-electron chi connectivity index (χ4n) is 2.13. The maximum atomic E-state index is 5.23. The van der Waals surface area contributed by atoms with Crippen molar-refractivity contribution in [3.8, 4) is 0 Å². The lowest BCUT2D eigenvalue weighted by atomic mass is 10.1. The Labute approximate surface area is 114 Å². The smallest absolute Gasteiger partial charge is 0.191 e. The number of thiocarbonyl (C=S) groups is 1. The third kappa shape index (κ3) is 3.53. The number of hydrogen-bond donors (Lipinski definition) is 2. The maximum absolute atomic E-state index is 5.23. The zero-order chi connectivity index (χ0) is 13.0. The molecule has 0 aromatic heterocycles. The lowest BCUT2D eigenvalue weighted by molar-refractivity contribution is 0.886. The number of anilines is 1. The Balaban J connectivity index is 1.92. The van der Waals surface area contributed by atoms with Crippen LogP contribution in [0.25, 0.3) is 0 Å². The van der Waals surface area contributed by atoms with Crippen LogP contribution in [-0.4, -0.2) is 10.8 Å². The first-order valence-electron chi connectivity index (χ1n) is 6.35. The highest BCUT2D eigenvalue weighted by atomic mass is 32.1. The predicted octanol–water partition coefficient (Wildman–Crippen LogP) is 3.52. The molecule has 0 spiro atoms. The molecule has 1 fully saturated rings. The van der Waals surface area contributed by atoms with Gasteiger partial charge in [0.15, 0.2) is 5.11 Å². The summed E-state index contributed by atoms with van der Waals surface area (Å²) in [6, 6.07) is 6.25. The molecule has 0 amide bonds. The van der Waals surface area contributed by atoms with Gasteiger partial charge in [-0.05, 0) is 63.4 Å². The summed E-state index contributed by atoms with van der Waals surface area (Å²) < 4.78 is 0. The van der Waals surface area contributed by atoms with E-state index in [1.807, 2.05) is 6.07 Å². The van der Waals surface area contributed by atoms with Crippen LogP contribution >= 0.6 is 12.2 Å². The van der Waals surface area contributed by atoms with Gasteiger partial charge in [0.2, 0.25) is 0 Å². The van der Waals surface area contributed by atoms with Crippen molar-refractivity contribution >= 4 is 28.7 Å². The zero-order valence-electron chi connectivity index (χ0n) is 10.9. The van der Waals surface area contributed by atoms with E-state index in [9.17, 15) is 0 Å². The lowest BCUT2D eigenvalue weighted by Crippen LogP contribution is -2.25. The van der Waals surface area contributed by atoms with E-state index in [2.05, 4.69) is 41.8 Å². The Kier molecular flexibility index (Phi) is 4.31. The molecule has 0 bridgehead atoms. The highest BCUT2D eigenvalue weighted by Gasteiger charge is 2.08. The quantitative estimate of drug-likeness (QED) is 0.631. The third-order valence-corrected chi connectivity index (χ3v) is 3.32. The standard InChI is InChI=1S/C14H19N3S/c1-10-7-8-13(11(2)9-10)15-14(18)17-16-12-5-3-4-6-12/h7-9H,3-6H2,1-2H3,(H2,15,17,18). The van der Waals surface area contributed by atoms with Crippen LogP contribution in [0, 0.1) is 13.8 Å². The van der Waals surface area contributed by atoms with E-state index in [1.54, 1.807) is 0 Å². The highest BCUT2D eigenvalue weighted by Crippen LogP contribution is 2.16. The Bertz CT molecular complexity index is 472. The van der Waals surface area contributed by atoms with E-state index in [4.69, 9.17) is 12.2 Å². The van der Waals surface area contributed by atoms with Crippen molar-refractivity contribution in [1.29, 1.82) is 0 Å². The molecule has 96 valence electrons. The van der Waals surface area contributed by atoms with Crippen LogP contribution in [0.1, 0.15) is 36.8 Å². The minimum absolute atomic E-state index is 0.557. The molecular formula is C14H19N3S. The predicted molar refractivity (Wildman–Crippen MR) is 81.2 cm³/mol. The number of aryl methyl sites for hydroxylation is 2. The van der Waals surface area contributed by atoms with Crippen LogP contribution in [0.15, 0.2) is 23.3 Å². The third-order valence-electron chi connectivity index (χ3n) is 3.13. The molecule has 1 aromatic rings. The second kappa shape index (κ2) is 5.96. The molecule has 0 unspecified atom stereocenters. The van der Waals surface area contributed by atoms with Crippen LogP contribution in [0.3, 0.4) is 0 Å². The summed E-state index contributed by atoms with van der Waals surface area (Å²) in [6.07, 6.45) is 4.69. The van der Waals surface area contributed by atoms with Crippen molar-refractivity contribution < 1.29 is 0 Å². The molecular weight excluding hydrogens is 242 g/mol. The van der Waals surface area contributed by atoms with Crippen LogP contribution < -0.4 is 10.7 Å². The molecule has 0 aliphatic heterocycles. The number of hydrazone groups is 1. The second-order valence-electron chi connectivity index (χ2n) is 4.77. The van der Waals surface area contributed by atoms with E-state index < -0.39 is 0 Å². The topological polar surface area (TPSA) is 36.4 Å². The van der Waals surface area contributed by atoms with Gasteiger partial charge < -0.3 is 5.32 Å². The number of nitrogens with one attached hydrogen (secondary N) is 2. The number of nitrogens with zero attached hydrogens (tertiary/aromatic N) is 1. The second-order valence-corrected chi connectivity index (χ2v) is 5.18. The minimum atomic E-state index is 0.557. The van der Waals surface area contributed by atoms with Gasteiger partial charge in [-0.15, -0.1) is 0 Å². The van der Waals surface area contributed by atoms with Crippen LogP contribution in [0.2, 0.25) is 0 Å². The lowest BCUT2D eigenvalue weighted by Gasteiger charge is -2.10. The molecule has 1 saturated carbocycles. The molecule has 3 nitrogen and oxygen atoms in total. The van der Waals surface area contributed by atoms with Crippen molar-refractivity contribution in [2.75, 3.05) is 5.32 Å². The fraction of sp³-hybridized carbons (Fsp3) is 0.429. The number of benzene rings is 1. The summed E-state index contributed by atoms with van der Waals surface area (Å²) >= 11 is 5.23. The van der Waals surface area contributed by atoms with Crippen molar-refractivity contribution in [1.82, 2.24) is 5.43 Å². The maximum Gasteiger partial charge on any atom is 0.191 e. The minimum Gasteiger partial charge on any atom is -0.331 e. The molecule has 1 aliphatic rings. The SMILES string of the molecule is Cc1ccc(NC(=S)NN=C2CCCC2)c(C)c1. The molecule has 18 heavy (non-hydrogen) atoms. The average molecular weight is 261 g/mol. The van der Waals surface area contributed by atoms with E-state index in [1.165, 1.54) is 29.7 Å². The molecule has 1 aromatic carbocycles. The Morgan fingerprint density at radius 3 is 2.61 bits per heavy atom. The van der Waals surface area contributed by atoms with Gasteiger partial charge in [0.1, 0.15) is 0 Å². The summed E-state index contributed by atoms with van der Waals surface area (Å²) in [6.45, 7) is 4.15. The van der Waals surface area contributed by atoms with Gasteiger partial charge in [0.25, 0.3) is 0 Å². The largest absolute Gasteiger partial charge is 0.331 e. The van der Waals surface area contributed by atoms with Crippen LogP contribution in [0.5, 0.6) is 0 Å².